The molecule has 0 aliphatic rings. The Labute approximate surface area is 131 Å². The van der Waals surface area contributed by atoms with E-state index < -0.39 is 11.4 Å². The van der Waals surface area contributed by atoms with Crippen LogP contribution in [0.2, 0.25) is 0 Å². The van der Waals surface area contributed by atoms with Crippen LogP contribution in [0.1, 0.15) is 21.7 Å². The number of benzene rings is 1. The van der Waals surface area contributed by atoms with E-state index in [1.807, 2.05) is 24.3 Å². The van der Waals surface area contributed by atoms with Gasteiger partial charge in [0.25, 0.3) is 0 Å². The lowest BCUT2D eigenvalue weighted by molar-refractivity contribution is 0.104. The van der Waals surface area contributed by atoms with Gasteiger partial charge in [-0.3, -0.25) is 9.78 Å². The summed E-state index contributed by atoms with van der Waals surface area (Å²) in [4.78, 5) is 28.2. The number of rotatable bonds is 3. The Morgan fingerprint density at radius 3 is 2.83 bits per heavy atom. The fraction of sp³-hybridized carbons (Fsp3) is 0.0556. The van der Waals surface area contributed by atoms with E-state index >= 15 is 0 Å². The molecule has 0 fully saturated rings. The maximum atomic E-state index is 12.2. The largest absolute Gasteiger partial charge is 0.507 e. The third-order valence-electron chi connectivity index (χ3n) is 3.40. The summed E-state index contributed by atoms with van der Waals surface area (Å²) in [5.74, 6) is -0.752. The van der Waals surface area contributed by atoms with Crippen LogP contribution in [0.3, 0.4) is 0 Å². The number of pyridine rings is 1. The first kappa shape index (κ1) is 14.7. The van der Waals surface area contributed by atoms with E-state index in [4.69, 9.17) is 4.42 Å². The Hall–Kier alpha value is -3.21. The molecule has 0 amide bonds. The summed E-state index contributed by atoms with van der Waals surface area (Å²) < 4.78 is 4.85. The number of aromatic hydroxyl groups is 1. The number of ketones is 1. The molecule has 1 aromatic carbocycles. The maximum absolute atomic E-state index is 12.2. The van der Waals surface area contributed by atoms with E-state index in [0.717, 1.165) is 16.5 Å². The molecule has 0 saturated carbocycles. The van der Waals surface area contributed by atoms with Crippen LogP contribution in [0.15, 0.2) is 57.9 Å². The van der Waals surface area contributed by atoms with Gasteiger partial charge >= 0.3 is 5.63 Å². The van der Waals surface area contributed by atoms with Gasteiger partial charge in [0.05, 0.1) is 5.52 Å². The van der Waals surface area contributed by atoms with Gasteiger partial charge in [0, 0.05) is 17.6 Å². The lowest BCUT2D eigenvalue weighted by Gasteiger charge is -2.02. The van der Waals surface area contributed by atoms with E-state index in [-0.39, 0.29) is 17.1 Å². The van der Waals surface area contributed by atoms with E-state index in [2.05, 4.69) is 4.98 Å². The molecule has 2 heterocycles. The molecular weight excluding hydrogens is 294 g/mol. The highest BCUT2D eigenvalue weighted by atomic mass is 16.4. The van der Waals surface area contributed by atoms with Gasteiger partial charge in [-0.05, 0) is 30.7 Å². The number of hydrogen-bond acceptors (Lipinski definition) is 5. The first-order valence-electron chi connectivity index (χ1n) is 6.96. The van der Waals surface area contributed by atoms with Crippen molar-refractivity contribution in [2.24, 2.45) is 0 Å². The normalized spacial score (nSPS) is 11.2. The van der Waals surface area contributed by atoms with Crippen molar-refractivity contribution in [2.45, 2.75) is 6.92 Å². The standard InChI is InChI=1S/C18H13NO4/c1-11-10-16(21)17(18(22)23-11)15(20)7-6-12-8-9-19-14-5-3-2-4-13(12)14/h2-10,21H,1H3/b7-6-. The molecule has 0 saturated heterocycles. The number of para-hydroxylation sites is 1. The van der Waals surface area contributed by atoms with Crippen LogP contribution in [0.25, 0.3) is 17.0 Å². The average molecular weight is 307 g/mol. The Morgan fingerprint density at radius 2 is 2.04 bits per heavy atom. The molecule has 5 heteroatoms. The van der Waals surface area contributed by atoms with Crippen molar-refractivity contribution in [1.29, 1.82) is 0 Å². The second-order valence-corrected chi connectivity index (χ2v) is 5.02. The average Bonchev–Trinajstić information content (AvgIpc) is 2.52. The first-order valence-corrected chi connectivity index (χ1v) is 6.96. The molecule has 0 atom stereocenters. The molecule has 23 heavy (non-hydrogen) atoms. The van der Waals surface area contributed by atoms with Crippen LogP contribution >= 0.6 is 0 Å². The Balaban J connectivity index is 2.00. The van der Waals surface area contributed by atoms with Crippen LogP contribution in [0.5, 0.6) is 5.75 Å². The molecule has 5 nitrogen and oxygen atoms in total. The molecule has 0 radical (unpaired) electrons. The number of hydrogen-bond donors (Lipinski definition) is 1. The Bertz CT molecular complexity index is 980. The quantitative estimate of drug-likeness (QED) is 0.594. The van der Waals surface area contributed by atoms with Crippen LogP contribution in [-0.2, 0) is 0 Å². The lowest BCUT2D eigenvalue weighted by atomic mass is 10.1. The fourth-order valence-electron chi connectivity index (χ4n) is 2.33. The predicted molar refractivity (Wildman–Crippen MR) is 86.5 cm³/mol. The number of allylic oxidation sites excluding steroid dienone is 1. The van der Waals surface area contributed by atoms with Crippen LogP contribution in [0.4, 0.5) is 0 Å². The highest BCUT2D eigenvalue weighted by molar-refractivity contribution is 6.09. The van der Waals surface area contributed by atoms with Crippen molar-refractivity contribution >= 4 is 22.8 Å². The molecule has 1 N–H and O–H groups in total. The SMILES string of the molecule is Cc1cc(O)c(C(=O)/C=C\c2ccnc3ccccc23)c(=O)o1. The molecule has 0 unspecified atom stereocenters. The summed E-state index contributed by atoms with van der Waals surface area (Å²) in [5, 5.41) is 10.7. The van der Waals surface area contributed by atoms with Crippen molar-refractivity contribution in [3.8, 4) is 5.75 Å². The van der Waals surface area contributed by atoms with E-state index in [0.29, 0.717) is 0 Å². The van der Waals surface area contributed by atoms with Crippen molar-refractivity contribution in [3.63, 3.8) is 0 Å². The molecule has 0 bridgehead atoms. The number of nitrogens with zero attached hydrogens (tertiary/aromatic N) is 1. The minimum absolute atomic E-state index is 0.244. The molecule has 0 aliphatic heterocycles. The molecular formula is C18H13NO4. The van der Waals surface area contributed by atoms with Crippen LogP contribution in [0, 0.1) is 6.92 Å². The van der Waals surface area contributed by atoms with Crippen molar-refractivity contribution < 1.29 is 14.3 Å². The summed E-state index contributed by atoms with van der Waals surface area (Å²) >= 11 is 0. The van der Waals surface area contributed by atoms with Crippen molar-refractivity contribution in [3.05, 3.63) is 76.0 Å². The molecule has 3 aromatic rings. The maximum Gasteiger partial charge on any atom is 0.351 e. The van der Waals surface area contributed by atoms with Crippen molar-refractivity contribution in [2.75, 3.05) is 0 Å². The van der Waals surface area contributed by atoms with Gasteiger partial charge in [-0.15, -0.1) is 0 Å². The number of carbonyl (C=O) groups is 1. The predicted octanol–water partition coefficient (Wildman–Crippen LogP) is 3.10. The van der Waals surface area contributed by atoms with Gasteiger partial charge in [-0.1, -0.05) is 24.3 Å². The van der Waals surface area contributed by atoms with Crippen LogP contribution in [-0.4, -0.2) is 15.9 Å². The topological polar surface area (TPSA) is 80.4 Å². The Kier molecular flexibility index (Phi) is 3.76. The molecule has 2 aromatic heterocycles. The summed E-state index contributed by atoms with van der Waals surface area (Å²) in [5.41, 5.74) is 0.377. The minimum atomic E-state index is -0.850. The van der Waals surface area contributed by atoms with Gasteiger partial charge in [-0.2, -0.15) is 0 Å². The van der Waals surface area contributed by atoms with Gasteiger partial charge in [-0.25, -0.2) is 4.79 Å². The van der Waals surface area contributed by atoms with E-state index in [9.17, 15) is 14.7 Å². The highest BCUT2D eigenvalue weighted by Gasteiger charge is 2.15. The zero-order valence-electron chi connectivity index (χ0n) is 12.3. The number of aryl methyl sites for hydroxylation is 1. The second kappa shape index (κ2) is 5.88. The minimum Gasteiger partial charge on any atom is -0.507 e. The highest BCUT2D eigenvalue weighted by Crippen LogP contribution is 2.19. The first-order chi connectivity index (χ1) is 11.1. The lowest BCUT2D eigenvalue weighted by Crippen LogP contribution is -2.12. The summed E-state index contributed by atoms with van der Waals surface area (Å²) in [7, 11) is 0. The third-order valence-corrected chi connectivity index (χ3v) is 3.40. The molecule has 0 spiro atoms. The summed E-state index contributed by atoms with van der Waals surface area (Å²) in [6.45, 7) is 1.52. The van der Waals surface area contributed by atoms with Gasteiger partial charge in [0.1, 0.15) is 17.1 Å². The number of fused-ring (bicyclic) bond motifs is 1. The summed E-state index contributed by atoms with van der Waals surface area (Å²) in [6, 6.07) is 10.5. The van der Waals surface area contributed by atoms with Gasteiger partial charge in [0.15, 0.2) is 5.78 Å². The number of carbonyl (C=O) groups excluding carboxylic acids is 1. The fourth-order valence-corrected chi connectivity index (χ4v) is 2.33. The van der Waals surface area contributed by atoms with Gasteiger partial charge < -0.3 is 9.52 Å². The van der Waals surface area contributed by atoms with Gasteiger partial charge in [0.2, 0.25) is 0 Å². The number of aromatic nitrogens is 1. The smallest absolute Gasteiger partial charge is 0.351 e. The van der Waals surface area contributed by atoms with E-state index in [1.165, 1.54) is 19.1 Å². The Morgan fingerprint density at radius 1 is 1.26 bits per heavy atom. The summed E-state index contributed by atoms with van der Waals surface area (Å²) in [6.07, 6.45) is 4.47. The zero-order valence-corrected chi connectivity index (χ0v) is 12.3. The zero-order chi connectivity index (χ0) is 16.4. The molecule has 0 aliphatic carbocycles. The third kappa shape index (κ3) is 2.89. The molecule has 114 valence electrons. The van der Waals surface area contributed by atoms with Crippen LogP contribution < -0.4 is 5.63 Å². The van der Waals surface area contributed by atoms with E-state index in [1.54, 1.807) is 18.3 Å². The molecule has 3 rings (SSSR count). The monoisotopic (exact) mass is 307 g/mol. The van der Waals surface area contributed by atoms with Crippen molar-refractivity contribution in [1.82, 2.24) is 4.98 Å². The second-order valence-electron chi connectivity index (χ2n) is 5.02.